The zero-order valence-electron chi connectivity index (χ0n) is 25.8. The van der Waals surface area contributed by atoms with Gasteiger partial charge in [0, 0.05) is 23.6 Å². The number of nitrogens with zero attached hydrogens (tertiary/aromatic N) is 3. The van der Waals surface area contributed by atoms with Crippen LogP contribution in [0.1, 0.15) is 10.4 Å². The van der Waals surface area contributed by atoms with Crippen molar-refractivity contribution in [3.05, 3.63) is 46.3 Å². The van der Waals surface area contributed by atoms with E-state index in [1.165, 1.54) is 0 Å². The van der Waals surface area contributed by atoms with E-state index in [0.717, 1.165) is 0 Å². The molecule has 0 radical (unpaired) electrons. The highest BCUT2D eigenvalue weighted by Crippen LogP contribution is 1.97. The lowest BCUT2D eigenvalue weighted by Gasteiger charge is -2.09. The van der Waals surface area contributed by atoms with Crippen LogP contribution >= 0.6 is 0 Å². The largest absolute Gasteiger partial charge is 0.379 e. The Bertz CT molecular complexity index is 805. The molecule has 1 amide bonds. The maximum Gasteiger partial charge on any atom is 0.251 e. The number of amides is 1. The van der Waals surface area contributed by atoms with Gasteiger partial charge in [-0.1, -0.05) is 23.3 Å². The predicted molar refractivity (Wildman–Crippen MR) is 161 cm³/mol. The maximum atomic E-state index is 11.9. The highest BCUT2D eigenvalue weighted by molar-refractivity contribution is 5.94. The molecule has 15 nitrogen and oxygen atoms in total. The van der Waals surface area contributed by atoms with Gasteiger partial charge in [-0.25, -0.2) is 0 Å². The Kier molecular flexibility index (Phi) is 30.2. The van der Waals surface area contributed by atoms with Gasteiger partial charge in [0.15, 0.2) is 0 Å². The quantitative estimate of drug-likeness (QED) is 0.0511. The first-order chi connectivity index (χ1) is 21.8. The lowest BCUT2D eigenvalue weighted by atomic mass is 10.2. The lowest BCUT2D eigenvalue weighted by molar-refractivity contribution is -0.0262. The number of ether oxygens (including phenoxy) is 10. The Labute approximate surface area is 260 Å². The smallest absolute Gasteiger partial charge is 0.251 e. The monoisotopic (exact) mass is 630 g/mol. The molecule has 0 aromatic heterocycles. The standard InChI is InChI=1S/C29H50N4O11/c30-33-32-7-9-36-11-13-38-15-17-40-19-21-42-23-25-44-27-26-43-24-22-41-20-18-39-16-14-37-12-10-35-8-6-31-29(34)28-4-2-1-3-5-28/h1-5H,6-27H2,(H,31,34). The normalized spacial score (nSPS) is 11.0. The van der Waals surface area contributed by atoms with Crippen LogP contribution in [-0.2, 0) is 47.4 Å². The van der Waals surface area contributed by atoms with Crippen LogP contribution in [0.25, 0.3) is 10.4 Å². The first-order valence-electron chi connectivity index (χ1n) is 15.0. The number of azide groups is 1. The summed E-state index contributed by atoms with van der Waals surface area (Å²) in [6.45, 7) is 10.3. The third kappa shape index (κ3) is 28.4. The molecule has 0 saturated heterocycles. The third-order valence-electron chi connectivity index (χ3n) is 5.31. The number of rotatable bonds is 34. The van der Waals surface area contributed by atoms with Gasteiger partial charge >= 0.3 is 0 Å². The minimum absolute atomic E-state index is 0.109. The summed E-state index contributed by atoms with van der Waals surface area (Å²) in [6.07, 6.45) is 0. The van der Waals surface area contributed by atoms with Crippen molar-refractivity contribution in [2.75, 3.05) is 145 Å². The van der Waals surface area contributed by atoms with Crippen molar-refractivity contribution in [2.45, 2.75) is 0 Å². The van der Waals surface area contributed by atoms with Gasteiger partial charge in [0.05, 0.1) is 132 Å². The summed E-state index contributed by atoms with van der Waals surface area (Å²) >= 11 is 0. The zero-order chi connectivity index (χ0) is 31.4. The molecular formula is C29H50N4O11. The predicted octanol–water partition coefficient (Wildman–Crippen LogP) is 1.89. The SMILES string of the molecule is [N-]=[N+]=NCCOCCOCCOCCOCCOCCOCCOCCOCCOCCOCCNC(=O)c1ccccc1. The van der Waals surface area contributed by atoms with Crippen LogP contribution in [0.3, 0.4) is 0 Å². The Morgan fingerprint density at radius 3 is 1.18 bits per heavy atom. The molecule has 0 unspecified atom stereocenters. The second-order valence-electron chi connectivity index (χ2n) is 8.70. The van der Waals surface area contributed by atoms with Gasteiger partial charge in [0.1, 0.15) is 0 Å². The number of hydrogen-bond donors (Lipinski definition) is 1. The van der Waals surface area contributed by atoms with Gasteiger partial charge in [-0.3, -0.25) is 4.79 Å². The van der Waals surface area contributed by atoms with Gasteiger partial charge in [0.2, 0.25) is 0 Å². The van der Waals surface area contributed by atoms with E-state index in [1.807, 2.05) is 18.2 Å². The molecule has 1 rings (SSSR count). The second-order valence-corrected chi connectivity index (χ2v) is 8.70. The van der Waals surface area contributed by atoms with E-state index in [2.05, 4.69) is 15.3 Å². The molecule has 15 heteroatoms. The van der Waals surface area contributed by atoms with E-state index in [0.29, 0.717) is 151 Å². The van der Waals surface area contributed by atoms with Gasteiger partial charge in [-0.15, -0.1) is 0 Å². The van der Waals surface area contributed by atoms with Crippen molar-refractivity contribution in [1.29, 1.82) is 0 Å². The van der Waals surface area contributed by atoms with Gasteiger partial charge in [0.25, 0.3) is 5.91 Å². The van der Waals surface area contributed by atoms with Gasteiger partial charge < -0.3 is 52.7 Å². The molecule has 0 aliphatic heterocycles. The first-order valence-corrected chi connectivity index (χ1v) is 15.0. The van der Waals surface area contributed by atoms with E-state index in [1.54, 1.807) is 12.1 Å². The molecule has 0 fully saturated rings. The number of nitrogens with one attached hydrogen (secondary N) is 1. The van der Waals surface area contributed by atoms with E-state index < -0.39 is 0 Å². The molecule has 1 aromatic carbocycles. The fraction of sp³-hybridized carbons (Fsp3) is 0.759. The summed E-state index contributed by atoms with van der Waals surface area (Å²) in [5.41, 5.74) is 8.76. The van der Waals surface area contributed by atoms with Gasteiger partial charge in [-0.05, 0) is 17.7 Å². The molecule has 0 saturated carbocycles. The number of hydrogen-bond acceptors (Lipinski definition) is 12. The van der Waals surface area contributed by atoms with Crippen molar-refractivity contribution >= 4 is 5.91 Å². The van der Waals surface area contributed by atoms with E-state index in [4.69, 9.17) is 52.9 Å². The highest BCUT2D eigenvalue weighted by atomic mass is 16.6. The molecule has 44 heavy (non-hydrogen) atoms. The second kappa shape index (κ2) is 33.5. The van der Waals surface area contributed by atoms with E-state index in [9.17, 15) is 4.79 Å². The molecular weight excluding hydrogens is 580 g/mol. The minimum atomic E-state index is -0.109. The molecule has 0 spiro atoms. The van der Waals surface area contributed by atoms with Gasteiger partial charge in [-0.2, -0.15) is 0 Å². The Balaban J connectivity index is 1.64. The van der Waals surface area contributed by atoms with Crippen LogP contribution < -0.4 is 5.32 Å². The van der Waals surface area contributed by atoms with Crippen molar-refractivity contribution in [3.63, 3.8) is 0 Å². The number of carbonyl (C=O) groups excluding carboxylic acids is 1. The van der Waals surface area contributed by atoms with Crippen LogP contribution in [0.5, 0.6) is 0 Å². The van der Waals surface area contributed by atoms with E-state index >= 15 is 0 Å². The Hall–Kier alpha value is -2.40. The van der Waals surface area contributed by atoms with Crippen LogP contribution in [0.4, 0.5) is 0 Å². The fourth-order valence-electron chi connectivity index (χ4n) is 3.16. The van der Waals surface area contributed by atoms with Crippen LogP contribution in [0.2, 0.25) is 0 Å². The summed E-state index contributed by atoms with van der Waals surface area (Å²) in [5.74, 6) is -0.109. The molecule has 0 atom stereocenters. The molecule has 0 aliphatic rings. The van der Waals surface area contributed by atoms with Crippen LogP contribution in [-0.4, -0.2) is 151 Å². The average molecular weight is 631 g/mol. The van der Waals surface area contributed by atoms with Crippen molar-refractivity contribution in [2.24, 2.45) is 5.11 Å². The number of carbonyl (C=O) groups is 1. The molecule has 0 heterocycles. The summed E-state index contributed by atoms with van der Waals surface area (Å²) in [5, 5.41) is 6.18. The van der Waals surface area contributed by atoms with Crippen LogP contribution in [0, 0.1) is 0 Å². The summed E-state index contributed by atoms with van der Waals surface area (Å²) in [6, 6.07) is 9.07. The maximum absolute atomic E-state index is 11.9. The highest BCUT2D eigenvalue weighted by Gasteiger charge is 2.02. The van der Waals surface area contributed by atoms with Crippen molar-refractivity contribution < 1.29 is 52.2 Å². The number of benzene rings is 1. The molecule has 252 valence electrons. The first kappa shape index (κ1) is 39.6. The molecule has 0 bridgehead atoms. The van der Waals surface area contributed by atoms with Crippen molar-refractivity contribution in [3.8, 4) is 0 Å². The Morgan fingerprint density at radius 2 is 0.841 bits per heavy atom. The molecule has 1 aromatic rings. The molecule has 0 aliphatic carbocycles. The summed E-state index contributed by atoms with van der Waals surface area (Å²) in [7, 11) is 0. The van der Waals surface area contributed by atoms with Crippen molar-refractivity contribution in [1.82, 2.24) is 5.32 Å². The topological polar surface area (TPSA) is 170 Å². The van der Waals surface area contributed by atoms with Crippen LogP contribution in [0.15, 0.2) is 35.4 Å². The summed E-state index contributed by atoms with van der Waals surface area (Å²) in [4.78, 5) is 14.5. The van der Waals surface area contributed by atoms with E-state index in [-0.39, 0.29) is 5.91 Å². The zero-order valence-corrected chi connectivity index (χ0v) is 25.8. The fourth-order valence-corrected chi connectivity index (χ4v) is 3.16. The minimum Gasteiger partial charge on any atom is -0.379 e. The molecule has 1 N–H and O–H groups in total. The lowest BCUT2D eigenvalue weighted by Crippen LogP contribution is -2.27. The summed E-state index contributed by atoms with van der Waals surface area (Å²) < 4.78 is 54.1. The third-order valence-corrected chi connectivity index (χ3v) is 5.31. The average Bonchev–Trinajstić information content (AvgIpc) is 3.05. The Morgan fingerprint density at radius 1 is 0.523 bits per heavy atom.